The van der Waals surface area contributed by atoms with Crippen LogP contribution in [0.3, 0.4) is 0 Å². The van der Waals surface area contributed by atoms with Gasteiger partial charge in [-0.25, -0.2) is 0 Å². The molecule has 0 saturated carbocycles. The monoisotopic (exact) mass is 246 g/mol. The van der Waals surface area contributed by atoms with Gasteiger partial charge in [-0.1, -0.05) is 18.2 Å². The lowest BCUT2D eigenvalue weighted by atomic mass is 9.96. The molecule has 1 aliphatic heterocycles. The molecule has 1 nitrogen and oxygen atoms in total. The highest BCUT2D eigenvalue weighted by molar-refractivity contribution is 7.99. The molecule has 1 aromatic carbocycles. The van der Waals surface area contributed by atoms with Gasteiger partial charge in [0.15, 0.2) is 0 Å². The molecular weight excluding hydrogens is 228 g/mol. The first kappa shape index (κ1) is 11.3. The van der Waals surface area contributed by atoms with Crippen LogP contribution < -0.4 is 0 Å². The van der Waals surface area contributed by atoms with Crippen LogP contribution in [0.15, 0.2) is 18.2 Å². The van der Waals surface area contributed by atoms with Gasteiger partial charge in [0.25, 0.3) is 0 Å². The van der Waals surface area contributed by atoms with E-state index in [0.29, 0.717) is 18.1 Å². The van der Waals surface area contributed by atoms with Crippen LogP contribution in [0.4, 0.5) is 0 Å². The molecule has 0 spiro atoms. The maximum Gasteiger partial charge on any atom is 0.141 e. The molecule has 1 aromatic rings. The first-order valence-electron chi connectivity index (χ1n) is 6.54. The van der Waals surface area contributed by atoms with Gasteiger partial charge in [-0.15, -0.1) is 0 Å². The van der Waals surface area contributed by atoms with Gasteiger partial charge in [0.05, 0.1) is 0 Å². The van der Waals surface area contributed by atoms with Crippen molar-refractivity contribution in [1.82, 2.24) is 0 Å². The van der Waals surface area contributed by atoms with Gasteiger partial charge in [-0.2, -0.15) is 11.8 Å². The van der Waals surface area contributed by atoms with Crippen LogP contribution in [-0.4, -0.2) is 17.3 Å². The third-order valence-electron chi connectivity index (χ3n) is 3.93. The minimum absolute atomic E-state index is 0.327. The third kappa shape index (κ3) is 2.42. The lowest BCUT2D eigenvalue weighted by Crippen LogP contribution is -2.16. The Labute approximate surface area is 107 Å². The Morgan fingerprint density at radius 3 is 3.00 bits per heavy atom. The molecular formula is C15H18OS. The summed E-state index contributed by atoms with van der Waals surface area (Å²) in [6, 6.07) is 6.65. The molecule has 1 atom stereocenters. The largest absolute Gasteiger partial charge is 0.299 e. The summed E-state index contributed by atoms with van der Waals surface area (Å²) in [5.41, 5.74) is 4.21. The molecule has 0 N–H and O–H groups in total. The molecule has 1 saturated heterocycles. The van der Waals surface area contributed by atoms with Crippen molar-refractivity contribution in [1.29, 1.82) is 0 Å². The molecule has 17 heavy (non-hydrogen) atoms. The van der Waals surface area contributed by atoms with Crippen LogP contribution in [0.2, 0.25) is 0 Å². The fraction of sp³-hybridized carbons (Fsp3) is 0.533. The van der Waals surface area contributed by atoms with Crippen molar-refractivity contribution >= 4 is 17.5 Å². The highest BCUT2D eigenvalue weighted by atomic mass is 32.2. The highest BCUT2D eigenvalue weighted by Crippen LogP contribution is 2.27. The van der Waals surface area contributed by atoms with Crippen LogP contribution in [0.25, 0.3) is 0 Å². The molecule has 1 unspecified atom stereocenters. The number of rotatable bonds is 3. The van der Waals surface area contributed by atoms with E-state index in [4.69, 9.17) is 0 Å². The predicted molar refractivity (Wildman–Crippen MR) is 72.6 cm³/mol. The lowest BCUT2D eigenvalue weighted by Gasteiger charge is -2.08. The van der Waals surface area contributed by atoms with E-state index in [2.05, 4.69) is 18.2 Å². The van der Waals surface area contributed by atoms with E-state index < -0.39 is 0 Å². The first-order valence-corrected chi connectivity index (χ1v) is 7.69. The Morgan fingerprint density at radius 2 is 2.18 bits per heavy atom. The predicted octanol–water partition coefficient (Wildman–Crippen LogP) is 3.04. The summed E-state index contributed by atoms with van der Waals surface area (Å²) in [5, 5.41) is 0. The standard InChI is InChI=1S/C15H18OS/c16-15(14-6-7-17-10-14)9-11-4-5-12-2-1-3-13(12)8-11/h4-5,8,14H,1-3,6-7,9-10H2. The summed E-state index contributed by atoms with van der Waals surface area (Å²) >= 11 is 1.92. The zero-order valence-electron chi connectivity index (χ0n) is 10.1. The summed E-state index contributed by atoms with van der Waals surface area (Å²) in [6.07, 6.45) is 5.46. The van der Waals surface area contributed by atoms with E-state index in [-0.39, 0.29) is 0 Å². The minimum Gasteiger partial charge on any atom is -0.299 e. The Bertz CT molecular complexity index is 433. The average Bonchev–Trinajstić information content (AvgIpc) is 2.99. The van der Waals surface area contributed by atoms with Crippen LogP contribution >= 0.6 is 11.8 Å². The second-order valence-electron chi connectivity index (χ2n) is 5.16. The van der Waals surface area contributed by atoms with Crippen molar-refractivity contribution in [3.63, 3.8) is 0 Å². The smallest absolute Gasteiger partial charge is 0.141 e. The Balaban J connectivity index is 1.70. The van der Waals surface area contributed by atoms with E-state index in [9.17, 15) is 4.79 Å². The summed E-state index contributed by atoms with van der Waals surface area (Å²) in [4.78, 5) is 12.1. The molecule has 2 heteroatoms. The molecule has 1 aliphatic carbocycles. The highest BCUT2D eigenvalue weighted by Gasteiger charge is 2.23. The molecule has 0 amide bonds. The fourth-order valence-corrected chi connectivity index (χ4v) is 4.12. The number of benzene rings is 1. The number of hydrogen-bond acceptors (Lipinski definition) is 2. The van der Waals surface area contributed by atoms with Crippen molar-refractivity contribution in [2.45, 2.75) is 32.1 Å². The summed E-state index contributed by atoms with van der Waals surface area (Å²) in [7, 11) is 0. The van der Waals surface area contributed by atoms with Gasteiger partial charge in [-0.05, 0) is 48.1 Å². The van der Waals surface area contributed by atoms with E-state index in [1.807, 2.05) is 11.8 Å². The zero-order chi connectivity index (χ0) is 11.7. The van der Waals surface area contributed by atoms with Gasteiger partial charge in [-0.3, -0.25) is 4.79 Å². The number of Topliss-reactive ketones (excluding diaryl/α,β-unsaturated/α-hetero) is 1. The minimum atomic E-state index is 0.327. The van der Waals surface area contributed by atoms with E-state index in [0.717, 1.165) is 12.2 Å². The molecule has 0 aromatic heterocycles. The zero-order valence-corrected chi connectivity index (χ0v) is 10.9. The second kappa shape index (κ2) is 4.85. The van der Waals surface area contributed by atoms with Crippen LogP contribution in [-0.2, 0) is 24.1 Å². The Morgan fingerprint density at radius 1 is 1.29 bits per heavy atom. The molecule has 1 heterocycles. The van der Waals surface area contributed by atoms with Crippen molar-refractivity contribution in [2.24, 2.45) is 5.92 Å². The molecule has 0 bridgehead atoms. The number of aryl methyl sites for hydroxylation is 2. The maximum absolute atomic E-state index is 12.1. The summed E-state index contributed by atoms with van der Waals surface area (Å²) in [5.74, 6) is 2.99. The third-order valence-corrected chi connectivity index (χ3v) is 5.09. The molecule has 3 rings (SSSR count). The normalized spacial score (nSPS) is 22.7. The summed E-state index contributed by atoms with van der Waals surface area (Å²) < 4.78 is 0. The molecule has 2 aliphatic rings. The van der Waals surface area contributed by atoms with Crippen LogP contribution in [0.1, 0.15) is 29.5 Å². The van der Waals surface area contributed by atoms with Gasteiger partial charge >= 0.3 is 0 Å². The second-order valence-corrected chi connectivity index (χ2v) is 6.31. The Kier molecular flexibility index (Phi) is 3.24. The van der Waals surface area contributed by atoms with Crippen molar-refractivity contribution in [2.75, 3.05) is 11.5 Å². The van der Waals surface area contributed by atoms with Crippen molar-refractivity contribution in [3.05, 3.63) is 34.9 Å². The molecule has 90 valence electrons. The number of ketones is 1. The van der Waals surface area contributed by atoms with Crippen molar-refractivity contribution in [3.8, 4) is 0 Å². The van der Waals surface area contributed by atoms with E-state index in [1.165, 1.54) is 41.7 Å². The first-order chi connectivity index (χ1) is 8.33. The van der Waals surface area contributed by atoms with Gasteiger partial charge < -0.3 is 0 Å². The number of hydrogen-bond donors (Lipinski definition) is 0. The quantitative estimate of drug-likeness (QED) is 0.815. The average molecular weight is 246 g/mol. The number of carbonyl (C=O) groups is 1. The SMILES string of the molecule is O=C(Cc1ccc2c(c1)CCC2)C1CCSC1. The number of fused-ring (bicyclic) bond motifs is 1. The molecule has 1 fully saturated rings. The molecule has 0 radical (unpaired) electrons. The van der Waals surface area contributed by atoms with E-state index >= 15 is 0 Å². The number of thioether (sulfide) groups is 1. The fourth-order valence-electron chi connectivity index (χ4n) is 2.87. The number of carbonyl (C=O) groups excluding carboxylic acids is 1. The maximum atomic E-state index is 12.1. The van der Waals surface area contributed by atoms with Gasteiger partial charge in [0.2, 0.25) is 0 Å². The van der Waals surface area contributed by atoms with Crippen molar-refractivity contribution < 1.29 is 4.79 Å². The Hall–Kier alpha value is -0.760. The van der Waals surface area contributed by atoms with Crippen LogP contribution in [0.5, 0.6) is 0 Å². The van der Waals surface area contributed by atoms with Gasteiger partial charge in [0.1, 0.15) is 5.78 Å². The van der Waals surface area contributed by atoms with Crippen LogP contribution in [0, 0.1) is 5.92 Å². The summed E-state index contributed by atoms with van der Waals surface area (Å²) in [6.45, 7) is 0. The van der Waals surface area contributed by atoms with Gasteiger partial charge in [0, 0.05) is 18.1 Å². The van der Waals surface area contributed by atoms with E-state index in [1.54, 1.807) is 0 Å². The topological polar surface area (TPSA) is 17.1 Å². The lowest BCUT2D eigenvalue weighted by molar-refractivity contribution is -0.121.